The van der Waals surface area contributed by atoms with Gasteiger partial charge in [-0.1, -0.05) is 26.0 Å². The van der Waals surface area contributed by atoms with Gasteiger partial charge in [0.15, 0.2) is 0 Å². The molecule has 0 aliphatic carbocycles. The minimum Gasteiger partial charge on any atom is -0.497 e. The first-order chi connectivity index (χ1) is 13.9. The van der Waals surface area contributed by atoms with Gasteiger partial charge in [0.1, 0.15) is 34.5 Å². The number of benzene rings is 2. The summed E-state index contributed by atoms with van der Waals surface area (Å²) in [6.45, 7) is 4.07. The highest BCUT2D eigenvalue weighted by atomic mass is 16.5. The lowest BCUT2D eigenvalue weighted by atomic mass is 9.82. The summed E-state index contributed by atoms with van der Waals surface area (Å²) in [5.41, 5.74) is 2.09. The molecule has 0 amide bonds. The van der Waals surface area contributed by atoms with Gasteiger partial charge < -0.3 is 18.6 Å². The molecule has 1 aromatic heterocycles. The zero-order valence-electron chi connectivity index (χ0n) is 16.8. The maximum Gasteiger partial charge on any atom is 0.311 e. The molecule has 29 heavy (non-hydrogen) atoms. The van der Waals surface area contributed by atoms with Crippen LogP contribution in [-0.4, -0.2) is 20.2 Å². The molecule has 1 aliphatic heterocycles. The van der Waals surface area contributed by atoms with E-state index in [-0.39, 0.29) is 29.7 Å². The van der Waals surface area contributed by atoms with E-state index in [2.05, 4.69) is 0 Å². The zero-order chi connectivity index (χ0) is 20.7. The van der Waals surface area contributed by atoms with Crippen molar-refractivity contribution in [2.45, 2.75) is 26.2 Å². The predicted octanol–water partition coefficient (Wildman–Crippen LogP) is 4.53. The molecule has 150 valence electrons. The first kappa shape index (κ1) is 19.1. The fraction of sp³-hybridized carbons (Fsp3) is 0.304. The molecule has 1 unspecified atom stereocenters. The average Bonchev–Trinajstić information content (AvgIpc) is 2.72. The molecule has 0 fully saturated rings. The van der Waals surface area contributed by atoms with Crippen LogP contribution in [0.5, 0.6) is 17.2 Å². The molecule has 1 aliphatic rings. The second kappa shape index (κ2) is 7.28. The van der Waals surface area contributed by atoms with Crippen molar-refractivity contribution in [2.75, 3.05) is 14.2 Å². The fourth-order valence-corrected chi connectivity index (χ4v) is 3.85. The van der Waals surface area contributed by atoms with Crippen molar-refractivity contribution < 1.29 is 23.4 Å². The Morgan fingerprint density at radius 3 is 2.41 bits per heavy atom. The maximum atomic E-state index is 13.4. The first-order valence-corrected chi connectivity index (χ1v) is 9.46. The Hall–Kier alpha value is -3.28. The van der Waals surface area contributed by atoms with Crippen LogP contribution in [0.4, 0.5) is 0 Å². The van der Waals surface area contributed by atoms with Crippen LogP contribution in [0.1, 0.15) is 31.7 Å². The maximum absolute atomic E-state index is 13.4. The molecule has 0 saturated heterocycles. The molecule has 0 spiro atoms. The van der Waals surface area contributed by atoms with Gasteiger partial charge in [0.05, 0.1) is 26.2 Å². The van der Waals surface area contributed by atoms with Crippen LogP contribution in [0, 0.1) is 5.92 Å². The smallest absolute Gasteiger partial charge is 0.311 e. The minimum atomic E-state index is -0.296. The molecular weight excluding hydrogens is 372 g/mol. The van der Waals surface area contributed by atoms with E-state index in [1.807, 2.05) is 13.8 Å². The van der Waals surface area contributed by atoms with Gasteiger partial charge in [-0.3, -0.25) is 9.59 Å². The van der Waals surface area contributed by atoms with Crippen LogP contribution in [-0.2, 0) is 4.79 Å². The van der Waals surface area contributed by atoms with Gasteiger partial charge in [-0.05, 0) is 23.6 Å². The molecule has 0 N–H and O–H groups in total. The first-order valence-electron chi connectivity index (χ1n) is 9.46. The third-order valence-corrected chi connectivity index (χ3v) is 5.42. The van der Waals surface area contributed by atoms with Crippen molar-refractivity contribution >= 4 is 16.9 Å². The van der Waals surface area contributed by atoms with Crippen molar-refractivity contribution in [3.05, 3.63) is 52.4 Å². The third kappa shape index (κ3) is 3.14. The number of rotatable bonds is 4. The lowest BCUT2D eigenvalue weighted by molar-refractivity contribution is -0.136. The standard InChI is InChI=1S/C23H22O6/c1-12(2)15-9-19(24)29-18-10-17(27-4)21-22(25)16(11-28-23(21)20(15)18)13-5-7-14(26-3)8-6-13/h5-8,10-12,15H,9H2,1-4H3. The Kier molecular flexibility index (Phi) is 4.78. The predicted molar refractivity (Wildman–Crippen MR) is 109 cm³/mol. The summed E-state index contributed by atoms with van der Waals surface area (Å²) in [6, 6.07) is 8.80. The molecule has 6 nitrogen and oxygen atoms in total. The van der Waals surface area contributed by atoms with E-state index in [1.165, 1.54) is 13.4 Å². The number of methoxy groups -OCH3 is 2. The molecule has 1 atom stereocenters. The number of fused-ring (bicyclic) bond motifs is 3. The van der Waals surface area contributed by atoms with Crippen LogP contribution in [0.3, 0.4) is 0 Å². The molecule has 3 aromatic rings. The van der Waals surface area contributed by atoms with Crippen LogP contribution >= 0.6 is 0 Å². The average molecular weight is 394 g/mol. The van der Waals surface area contributed by atoms with Gasteiger partial charge in [-0.25, -0.2) is 0 Å². The second-order valence-corrected chi connectivity index (χ2v) is 7.43. The summed E-state index contributed by atoms with van der Waals surface area (Å²) < 4.78 is 22.1. The van der Waals surface area contributed by atoms with E-state index in [0.29, 0.717) is 39.3 Å². The van der Waals surface area contributed by atoms with E-state index in [9.17, 15) is 9.59 Å². The Morgan fingerprint density at radius 2 is 1.79 bits per heavy atom. The quantitative estimate of drug-likeness (QED) is 0.478. The lowest BCUT2D eigenvalue weighted by Crippen LogP contribution is -2.24. The number of ether oxygens (including phenoxy) is 3. The highest BCUT2D eigenvalue weighted by Gasteiger charge is 2.34. The molecule has 0 radical (unpaired) electrons. The molecule has 0 bridgehead atoms. The molecular formula is C23H22O6. The minimum absolute atomic E-state index is 0.102. The Labute approximate surface area is 168 Å². The summed E-state index contributed by atoms with van der Waals surface area (Å²) in [4.78, 5) is 25.5. The summed E-state index contributed by atoms with van der Waals surface area (Å²) in [6.07, 6.45) is 1.70. The molecule has 2 aromatic carbocycles. The largest absolute Gasteiger partial charge is 0.497 e. The molecule has 4 rings (SSSR count). The SMILES string of the molecule is COc1ccc(-c2coc3c4c(cc(OC)c3c2=O)OC(=O)CC4C(C)C)cc1. The van der Waals surface area contributed by atoms with Crippen molar-refractivity contribution in [2.24, 2.45) is 5.92 Å². The Balaban J connectivity index is 2.00. The molecule has 0 saturated carbocycles. The van der Waals surface area contributed by atoms with Gasteiger partial charge in [0.2, 0.25) is 5.43 Å². The van der Waals surface area contributed by atoms with Gasteiger partial charge in [0.25, 0.3) is 0 Å². The van der Waals surface area contributed by atoms with Crippen molar-refractivity contribution in [3.8, 4) is 28.4 Å². The van der Waals surface area contributed by atoms with E-state index in [1.54, 1.807) is 37.4 Å². The number of hydrogen-bond acceptors (Lipinski definition) is 6. The lowest BCUT2D eigenvalue weighted by Gasteiger charge is -2.28. The van der Waals surface area contributed by atoms with Gasteiger partial charge in [-0.15, -0.1) is 0 Å². The van der Waals surface area contributed by atoms with Crippen LogP contribution in [0.25, 0.3) is 22.1 Å². The van der Waals surface area contributed by atoms with Crippen molar-refractivity contribution in [1.82, 2.24) is 0 Å². The summed E-state index contributed by atoms with van der Waals surface area (Å²) >= 11 is 0. The number of carbonyl (C=O) groups is 1. The summed E-state index contributed by atoms with van der Waals surface area (Å²) in [5.74, 6) is 1.19. The van der Waals surface area contributed by atoms with Crippen molar-refractivity contribution in [1.29, 1.82) is 0 Å². The van der Waals surface area contributed by atoms with Gasteiger partial charge in [-0.2, -0.15) is 0 Å². The van der Waals surface area contributed by atoms with E-state index in [0.717, 1.165) is 5.56 Å². The monoisotopic (exact) mass is 394 g/mol. The zero-order valence-corrected chi connectivity index (χ0v) is 16.8. The second-order valence-electron chi connectivity index (χ2n) is 7.43. The van der Waals surface area contributed by atoms with Crippen molar-refractivity contribution in [3.63, 3.8) is 0 Å². The number of carbonyl (C=O) groups excluding carboxylic acids is 1. The normalized spacial score (nSPS) is 15.9. The van der Waals surface area contributed by atoms with Crippen LogP contribution in [0.15, 0.2) is 45.8 Å². The Morgan fingerprint density at radius 1 is 1.07 bits per heavy atom. The van der Waals surface area contributed by atoms with Gasteiger partial charge >= 0.3 is 5.97 Å². The van der Waals surface area contributed by atoms with E-state index >= 15 is 0 Å². The molecule has 6 heteroatoms. The van der Waals surface area contributed by atoms with Crippen LogP contribution < -0.4 is 19.6 Å². The highest BCUT2D eigenvalue weighted by Crippen LogP contribution is 2.45. The summed E-state index contributed by atoms with van der Waals surface area (Å²) in [7, 11) is 3.07. The van der Waals surface area contributed by atoms with Gasteiger partial charge in [0, 0.05) is 17.5 Å². The number of esters is 1. The number of hydrogen-bond donors (Lipinski definition) is 0. The molecule has 2 heterocycles. The third-order valence-electron chi connectivity index (χ3n) is 5.42. The highest BCUT2D eigenvalue weighted by molar-refractivity contribution is 5.93. The van der Waals surface area contributed by atoms with E-state index in [4.69, 9.17) is 18.6 Å². The fourth-order valence-electron chi connectivity index (χ4n) is 3.85. The summed E-state index contributed by atoms with van der Waals surface area (Å²) in [5, 5.41) is 0.350. The Bertz CT molecular complexity index is 1140. The van der Waals surface area contributed by atoms with E-state index < -0.39 is 0 Å². The van der Waals surface area contributed by atoms with Crippen LogP contribution in [0.2, 0.25) is 0 Å². The topological polar surface area (TPSA) is 75.0 Å².